The van der Waals surface area contributed by atoms with Gasteiger partial charge in [0.1, 0.15) is 8.96 Å². The Morgan fingerprint density at radius 1 is 1.67 bits per heavy atom. The van der Waals surface area contributed by atoms with Crippen LogP contribution < -0.4 is 10.3 Å². The SMILES string of the molecule is C=C[SiH](C)NCNCC. The predicted molar refractivity (Wildman–Crippen MR) is 44.9 cm³/mol. The minimum absolute atomic E-state index is 0.762. The Bertz CT molecular complexity index is 75.5. The van der Waals surface area contributed by atoms with Gasteiger partial charge in [0.15, 0.2) is 0 Å². The van der Waals surface area contributed by atoms with Gasteiger partial charge in [0.2, 0.25) is 0 Å². The molecule has 1 unspecified atom stereocenters. The summed E-state index contributed by atoms with van der Waals surface area (Å²) in [5.41, 5.74) is 2.03. The highest BCUT2D eigenvalue weighted by atomic mass is 28.3. The molecule has 2 N–H and O–H groups in total. The third-order valence-corrected chi connectivity index (χ3v) is 2.71. The molecule has 0 aliphatic carbocycles. The predicted octanol–water partition coefficient (Wildman–Crippen LogP) is 0.222. The Morgan fingerprint density at radius 3 is 2.78 bits per heavy atom. The molecule has 0 aromatic carbocycles. The molecule has 0 aliphatic heterocycles. The van der Waals surface area contributed by atoms with E-state index in [9.17, 15) is 0 Å². The lowest BCUT2D eigenvalue weighted by atomic mass is 10.8. The van der Waals surface area contributed by atoms with E-state index in [1.54, 1.807) is 0 Å². The molecule has 54 valence electrons. The number of hydrogen-bond acceptors (Lipinski definition) is 2. The van der Waals surface area contributed by atoms with Crippen molar-refractivity contribution in [2.75, 3.05) is 13.2 Å². The van der Waals surface area contributed by atoms with Crippen molar-refractivity contribution in [2.24, 2.45) is 0 Å². The normalized spacial score (nSPS) is 13.1. The zero-order chi connectivity index (χ0) is 7.11. The summed E-state index contributed by atoms with van der Waals surface area (Å²) in [5, 5.41) is 3.19. The van der Waals surface area contributed by atoms with Gasteiger partial charge in [-0.2, -0.15) is 0 Å². The third kappa shape index (κ3) is 5.75. The first kappa shape index (κ1) is 8.88. The van der Waals surface area contributed by atoms with Crippen LogP contribution in [0.15, 0.2) is 12.3 Å². The molecule has 1 atom stereocenters. The second kappa shape index (κ2) is 6.00. The molecule has 3 heteroatoms. The van der Waals surface area contributed by atoms with Crippen LogP contribution in [0, 0.1) is 0 Å². The molecular weight excluding hydrogens is 128 g/mol. The quantitative estimate of drug-likeness (QED) is 0.328. The first-order chi connectivity index (χ1) is 4.31. The van der Waals surface area contributed by atoms with E-state index in [0.717, 1.165) is 13.2 Å². The van der Waals surface area contributed by atoms with Crippen molar-refractivity contribution >= 4 is 8.96 Å². The molecule has 0 saturated heterocycles. The smallest absolute Gasteiger partial charge is 0.130 e. The van der Waals surface area contributed by atoms with Gasteiger partial charge in [0.05, 0.1) is 0 Å². The molecule has 0 heterocycles. The average molecular weight is 144 g/mol. The summed E-state index contributed by atoms with van der Waals surface area (Å²) in [6.45, 7) is 9.98. The zero-order valence-electron chi connectivity index (χ0n) is 6.28. The Kier molecular flexibility index (Phi) is 5.92. The molecular formula is C6H16N2Si. The summed E-state index contributed by atoms with van der Waals surface area (Å²) >= 11 is 0. The molecule has 0 rings (SSSR count). The number of rotatable bonds is 5. The lowest BCUT2D eigenvalue weighted by molar-refractivity contribution is 0.701. The highest BCUT2D eigenvalue weighted by molar-refractivity contribution is 6.60. The highest BCUT2D eigenvalue weighted by Gasteiger charge is 1.92. The van der Waals surface area contributed by atoms with Gasteiger partial charge < -0.3 is 10.3 Å². The fourth-order valence-corrected chi connectivity index (χ4v) is 1.07. The van der Waals surface area contributed by atoms with E-state index in [4.69, 9.17) is 0 Å². The van der Waals surface area contributed by atoms with E-state index in [2.05, 4.69) is 30.3 Å². The summed E-state index contributed by atoms with van der Waals surface area (Å²) in [4.78, 5) is 3.34. The standard InChI is InChI=1S/C6H16N2Si/c1-4-7-6-8-9(3)5-2/h5,7-9H,2,4,6H2,1,3H3. The Balaban J connectivity index is 2.96. The summed E-state index contributed by atoms with van der Waals surface area (Å²) in [7, 11) is -0.762. The molecule has 0 bridgehead atoms. The van der Waals surface area contributed by atoms with Gasteiger partial charge in [-0.25, -0.2) is 0 Å². The lowest BCUT2D eigenvalue weighted by Crippen LogP contribution is -2.37. The van der Waals surface area contributed by atoms with E-state index >= 15 is 0 Å². The Labute approximate surface area is 59.0 Å². The van der Waals surface area contributed by atoms with Crippen LogP contribution in [0.3, 0.4) is 0 Å². The second-order valence-corrected chi connectivity index (χ2v) is 4.47. The third-order valence-electron chi connectivity index (χ3n) is 1.15. The summed E-state index contributed by atoms with van der Waals surface area (Å²) < 4.78 is 0. The van der Waals surface area contributed by atoms with E-state index in [1.807, 2.05) is 5.70 Å². The van der Waals surface area contributed by atoms with Crippen molar-refractivity contribution in [1.29, 1.82) is 0 Å². The van der Waals surface area contributed by atoms with Crippen LogP contribution in [0.5, 0.6) is 0 Å². The van der Waals surface area contributed by atoms with Crippen LogP contribution in [-0.4, -0.2) is 22.2 Å². The van der Waals surface area contributed by atoms with Crippen LogP contribution >= 0.6 is 0 Å². The maximum Gasteiger partial charge on any atom is 0.130 e. The van der Waals surface area contributed by atoms with Crippen LogP contribution in [0.1, 0.15) is 6.92 Å². The molecule has 0 radical (unpaired) electrons. The van der Waals surface area contributed by atoms with E-state index < -0.39 is 8.96 Å². The topological polar surface area (TPSA) is 24.1 Å². The van der Waals surface area contributed by atoms with Crippen molar-refractivity contribution in [3.8, 4) is 0 Å². The second-order valence-electron chi connectivity index (χ2n) is 2.01. The van der Waals surface area contributed by atoms with Gasteiger partial charge in [0.25, 0.3) is 0 Å². The first-order valence-electron chi connectivity index (χ1n) is 3.38. The molecule has 0 spiro atoms. The van der Waals surface area contributed by atoms with Gasteiger partial charge in [-0.05, 0) is 6.54 Å². The van der Waals surface area contributed by atoms with Gasteiger partial charge in [0, 0.05) is 6.67 Å². The molecule has 0 fully saturated rings. The van der Waals surface area contributed by atoms with E-state index in [0.29, 0.717) is 0 Å². The van der Waals surface area contributed by atoms with Crippen molar-refractivity contribution in [2.45, 2.75) is 13.5 Å². The minimum atomic E-state index is -0.762. The lowest BCUT2D eigenvalue weighted by Gasteiger charge is -2.06. The largest absolute Gasteiger partial charge is 0.325 e. The van der Waals surface area contributed by atoms with Gasteiger partial charge in [-0.1, -0.05) is 19.2 Å². The maximum absolute atomic E-state index is 3.71. The van der Waals surface area contributed by atoms with Gasteiger partial charge in [-0.3, -0.25) is 0 Å². The maximum atomic E-state index is 3.71. The summed E-state index contributed by atoms with van der Waals surface area (Å²) in [6.07, 6.45) is 0. The van der Waals surface area contributed by atoms with Crippen LogP contribution in [0.4, 0.5) is 0 Å². The van der Waals surface area contributed by atoms with Crippen molar-refractivity contribution in [3.63, 3.8) is 0 Å². The van der Waals surface area contributed by atoms with Crippen molar-refractivity contribution in [1.82, 2.24) is 10.3 Å². The average Bonchev–Trinajstić information content (AvgIpc) is 1.89. The van der Waals surface area contributed by atoms with E-state index in [1.165, 1.54) is 0 Å². The van der Waals surface area contributed by atoms with Gasteiger partial charge in [-0.15, -0.1) is 6.58 Å². The fraction of sp³-hybridized carbons (Fsp3) is 0.667. The fourth-order valence-electron chi connectivity index (χ4n) is 0.441. The van der Waals surface area contributed by atoms with Crippen LogP contribution in [-0.2, 0) is 0 Å². The van der Waals surface area contributed by atoms with Crippen LogP contribution in [0.2, 0.25) is 6.55 Å². The highest BCUT2D eigenvalue weighted by Crippen LogP contribution is 1.71. The summed E-state index contributed by atoms with van der Waals surface area (Å²) in [6, 6.07) is 0. The molecule has 0 aromatic rings. The molecule has 0 saturated carbocycles. The zero-order valence-corrected chi connectivity index (χ0v) is 7.43. The molecule has 0 aromatic heterocycles. The van der Waals surface area contributed by atoms with Crippen molar-refractivity contribution < 1.29 is 0 Å². The first-order valence-corrected chi connectivity index (χ1v) is 5.77. The molecule has 2 nitrogen and oxygen atoms in total. The van der Waals surface area contributed by atoms with Crippen LogP contribution in [0.25, 0.3) is 0 Å². The molecule has 0 amide bonds. The Hall–Kier alpha value is -0.123. The van der Waals surface area contributed by atoms with E-state index in [-0.39, 0.29) is 0 Å². The van der Waals surface area contributed by atoms with Gasteiger partial charge >= 0.3 is 0 Å². The Morgan fingerprint density at radius 2 is 2.33 bits per heavy atom. The van der Waals surface area contributed by atoms with Crippen molar-refractivity contribution in [3.05, 3.63) is 12.3 Å². The number of nitrogens with one attached hydrogen (secondary N) is 2. The monoisotopic (exact) mass is 144 g/mol. The molecule has 0 aliphatic rings. The minimum Gasteiger partial charge on any atom is -0.325 e. The molecule has 9 heavy (non-hydrogen) atoms. The number of hydrogen-bond donors (Lipinski definition) is 2. The summed E-state index contributed by atoms with van der Waals surface area (Å²) in [5.74, 6) is 0.